The molecule has 0 saturated carbocycles. The first kappa shape index (κ1) is 10.6. The van der Waals surface area contributed by atoms with Gasteiger partial charge in [-0.3, -0.25) is 0 Å². The normalized spacial score (nSPS) is 20.2. The molecule has 1 unspecified atom stereocenters. The Morgan fingerprint density at radius 1 is 1.50 bits per heavy atom. The lowest BCUT2D eigenvalue weighted by molar-refractivity contribution is 0.218. The number of hydrogen-bond donors (Lipinski definition) is 1. The van der Waals surface area contributed by atoms with Crippen LogP contribution in [0, 0.1) is 12.7 Å². The first-order chi connectivity index (χ1) is 7.50. The van der Waals surface area contributed by atoms with Crippen LogP contribution in [0.2, 0.25) is 0 Å². The van der Waals surface area contributed by atoms with Crippen molar-refractivity contribution in [3.63, 3.8) is 0 Å². The van der Waals surface area contributed by atoms with E-state index in [0.29, 0.717) is 5.56 Å². The number of carbonyl (C=O) groups is 1. The molecule has 1 aliphatic rings. The maximum atomic E-state index is 13.2. The number of rotatable bonds is 1. The number of aliphatic imine (C=N–C) groups is 1. The van der Waals surface area contributed by atoms with Gasteiger partial charge in [-0.1, -0.05) is 6.07 Å². The summed E-state index contributed by atoms with van der Waals surface area (Å²) < 4.78 is 13.2. The van der Waals surface area contributed by atoms with Crippen molar-refractivity contribution < 1.29 is 9.18 Å². The summed E-state index contributed by atoms with van der Waals surface area (Å²) >= 11 is 0. The van der Waals surface area contributed by atoms with Gasteiger partial charge < -0.3 is 10.6 Å². The third kappa shape index (κ3) is 1.54. The third-order valence-corrected chi connectivity index (χ3v) is 2.73. The topological polar surface area (TPSA) is 58.7 Å². The Balaban J connectivity index is 2.49. The van der Waals surface area contributed by atoms with Crippen molar-refractivity contribution >= 4 is 11.9 Å². The number of urea groups is 1. The second-order valence-corrected chi connectivity index (χ2v) is 3.83. The highest BCUT2D eigenvalue weighted by molar-refractivity contribution is 6.03. The fourth-order valence-electron chi connectivity index (χ4n) is 1.83. The number of halogens is 1. The van der Waals surface area contributed by atoms with Gasteiger partial charge in [-0.05, 0) is 30.2 Å². The van der Waals surface area contributed by atoms with E-state index < -0.39 is 12.1 Å². The zero-order valence-electron chi connectivity index (χ0n) is 9.07. The Labute approximate surface area is 92.6 Å². The maximum Gasteiger partial charge on any atom is 0.345 e. The fraction of sp³-hybridized carbons (Fsp3) is 0.273. The van der Waals surface area contributed by atoms with E-state index in [9.17, 15) is 9.18 Å². The molecule has 2 amide bonds. The van der Waals surface area contributed by atoms with Gasteiger partial charge in [-0.25, -0.2) is 9.18 Å². The summed E-state index contributed by atoms with van der Waals surface area (Å²) in [5.74, 6) is -0.137. The second kappa shape index (κ2) is 3.59. The predicted molar refractivity (Wildman–Crippen MR) is 58.7 cm³/mol. The van der Waals surface area contributed by atoms with E-state index in [-0.39, 0.29) is 11.7 Å². The molecule has 0 aromatic heterocycles. The van der Waals surface area contributed by atoms with E-state index in [1.54, 1.807) is 13.1 Å². The van der Waals surface area contributed by atoms with E-state index in [0.717, 1.165) is 5.56 Å². The lowest BCUT2D eigenvalue weighted by atomic mass is 10.00. The molecule has 2 N–H and O–H groups in total. The van der Waals surface area contributed by atoms with Crippen LogP contribution in [0.1, 0.15) is 17.2 Å². The Bertz CT molecular complexity index is 484. The van der Waals surface area contributed by atoms with E-state index in [2.05, 4.69) is 4.99 Å². The van der Waals surface area contributed by atoms with Crippen molar-refractivity contribution in [1.29, 1.82) is 0 Å². The van der Waals surface area contributed by atoms with Gasteiger partial charge in [0.05, 0.1) is 0 Å². The van der Waals surface area contributed by atoms with Crippen LogP contribution in [0.4, 0.5) is 9.18 Å². The van der Waals surface area contributed by atoms with Crippen LogP contribution in [0.15, 0.2) is 23.2 Å². The summed E-state index contributed by atoms with van der Waals surface area (Å²) in [4.78, 5) is 16.4. The zero-order valence-corrected chi connectivity index (χ0v) is 9.07. The van der Waals surface area contributed by atoms with Crippen molar-refractivity contribution in [3.8, 4) is 0 Å². The summed E-state index contributed by atoms with van der Waals surface area (Å²) in [6.45, 7) is 1.85. The Kier molecular flexibility index (Phi) is 2.38. The lowest BCUT2D eigenvalue weighted by Gasteiger charge is -2.21. The highest BCUT2D eigenvalue weighted by Crippen LogP contribution is 2.28. The molecule has 5 heteroatoms. The van der Waals surface area contributed by atoms with Crippen LogP contribution in [-0.4, -0.2) is 23.8 Å². The standard InChI is InChI=1S/C11H12FN3O/c1-6-3-4-7(12)5-8(6)9-10(13)14-11(16)15(9)2/h3-5,9H,1-2H3,(H2,13,14,16). The smallest absolute Gasteiger partial charge is 0.345 e. The van der Waals surface area contributed by atoms with Crippen LogP contribution in [0.5, 0.6) is 0 Å². The summed E-state index contributed by atoms with van der Waals surface area (Å²) in [5, 5.41) is 0. The minimum Gasteiger partial charge on any atom is -0.385 e. The van der Waals surface area contributed by atoms with Crippen LogP contribution < -0.4 is 5.73 Å². The van der Waals surface area contributed by atoms with E-state index in [4.69, 9.17) is 5.73 Å². The molecule has 0 bridgehead atoms. The molecule has 2 rings (SSSR count). The summed E-state index contributed by atoms with van der Waals surface area (Å²) in [6, 6.07) is 3.57. The molecular weight excluding hydrogens is 209 g/mol. The number of carbonyl (C=O) groups excluding carboxylic acids is 1. The quantitative estimate of drug-likeness (QED) is 0.783. The monoisotopic (exact) mass is 221 g/mol. The van der Waals surface area contributed by atoms with E-state index >= 15 is 0 Å². The number of aryl methyl sites for hydroxylation is 1. The van der Waals surface area contributed by atoms with Crippen LogP contribution in [-0.2, 0) is 0 Å². The predicted octanol–water partition coefficient (Wildman–Crippen LogP) is 1.60. The average molecular weight is 221 g/mol. The molecule has 1 aliphatic heterocycles. The highest BCUT2D eigenvalue weighted by atomic mass is 19.1. The van der Waals surface area contributed by atoms with Crippen LogP contribution in [0.3, 0.4) is 0 Å². The summed E-state index contributed by atoms with van der Waals surface area (Å²) in [6.07, 6.45) is 0. The molecule has 0 spiro atoms. The number of nitrogens with two attached hydrogens (primary N) is 1. The van der Waals surface area contributed by atoms with Gasteiger partial charge in [0, 0.05) is 7.05 Å². The Morgan fingerprint density at radius 3 is 2.75 bits per heavy atom. The van der Waals surface area contributed by atoms with Crippen molar-refractivity contribution in [1.82, 2.24) is 4.90 Å². The van der Waals surface area contributed by atoms with Gasteiger partial charge in [0.1, 0.15) is 17.7 Å². The molecule has 1 atom stereocenters. The highest BCUT2D eigenvalue weighted by Gasteiger charge is 2.32. The SMILES string of the molecule is Cc1ccc(F)cc1C1C(N)=NC(=O)N1C. The first-order valence-electron chi connectivity index (χ1n) is 4.87. The van der Waals surface area contributed by atoms with Gasteiger partial charge in [-0.15, -0.1) is 0 Å². The van der Waals surface area contributed by atoms with Gasteiger partial charge in [0.2, 0.25) is 0 Å². The van der Waals surface area contributed by atoms with Crippen LogP contribution in [0.25, 0.3) is 0 Å². The number of hydrogen-bond acceptors (Lipinski definition) is 2. The van der Waals surface area contributed by atoms with E-state index in [1.165, 1.54) is 17.0 Å². The molecule has 1 aromatic rings. The summed E-state index contributed by atoms with van der Waals surface area (Å²) in [7, 11) is 1.60. The fourth-order valence-corrected chi connectivity index (χ4v) is 1.83. The maximum absolute atomic E-state index is 13.2. The molecule has 0 saturated heterocycles. The largest absolute Gasteiger partial charge is 0.385 e. The Hall–Kier alpha value is -1.91. The van der Waals surface area contributed by atoms with Gasteiger partial charge in [0.15, 0.2) is 0 Å². The van der Waals surface area contributed by atoms with Crippen molar-refractivity contribution in [3.05, 3.63) is 35.1 Å². The zero-order chi connectivity index (χ0) is 11.9. The number of amidine groups is 1. The van der Waals surface area contributed by atoms with Gasteiger partial charge in [-0.2, -0.15) is 4.99 Å². The first-order valence-corrected chi connectivity index (χ1v) is 4.87. The third-order valence-electron chi connectivity index (χ3n) is 2.73. The number of amides is 2. The molecule has 16 heavy (non-hydrogen) atoms. The van der Waals surface area contributed by atoms with Crippen molar-refractivity contribution in [2.24, 2.45) is 10.7 Å². The number of nitrogens with zero attached hydrogens (tertiary/aromatic N) is 2. The molecule has 84 valence electrons. The molecule has 0 fully saturated rings. The molecule has 0 radical (unpaired) electrons. The number of likely N-dealkylation sites (N-methyl/N-ethyl adjacent to an activating group) is 1. The molecule has 1 heterocycles. The average Bonchev–Trinajstić information content (AvgIpc) is 2.46. The van der Waals surface area contributed by atoms with E-state index in [1.807, 2.05) is 6.92 Å². The summed E-state index contributed by atoms with van der Waals surface area (Å²) in [5.41, 5.74) is 7.23. The second-order valence-electron chi connectivity index (χ2n) is 3.83. The van der Waals surface area contributed by atoms with Gasteiger partial charge >= 0.3 is 6.03 Å². The van der Waals surface area contributed by atoms with Gasteiger partial charge in [0.25, 0.3) is 0 Å². The molecule has 0 aliphatic carbocycles. The minimum atomic E-state index is -0.455. The molecular formula is C11H12FN3O. The van der Waals surface area contributed by atoms with Crippen molar-refractivity contribution in [2.75, 3.05) is 7.05 Å². The van der Waals surface area contributed by atoms with Crippen molar-refractivity contribution in [2.45, 2.75) is 13.0 Å². The molecule has 4 nitrogen and oxygen atoms in total. The minimum absolute atomic E-state index is 0.209. The molecule has 1 aromatic carbocycles. The lowest BCUT2D eigenvalue weighted by Crippen LogP contribution is -2.30. The Morgan fingerprint density at radius 2 is 2.19 bits per heavy atom. The van der Waals surface area contributed by atoms with Crippen LogP contribution >= 0.6 is 0 Å². The number of benzene rings is 1.